The molecule has 9 nitrogen and oxygen atoms in total. The highest BCUT2D eigenvalue weighted by Crippen LogP contribution is 1.93. The van der Waals surface area contributed by atoms with E-state index in [2.05, 4.69) is 25.6 Å². The Morgan fingerprint density at radius 2 is 2.35 bits per heavy atom. The first kappa shape index (κ1) is 13.9. The minimum Gasteiger partial charge on any atom is -0.383 e. The largest absolute Gasteiger partial charge is 0.383 e. The van der Waals surface area contributed by atoms with Crippen LogP contribution < -0.4 is 10.9 Å². The van der Waals surface area contributed by atoms with E-state index in [0.29, 0.717) is 19.0 Å². The summed E-state index contributed by atoms with van der Waals surface area (Å²) in [5.74, 6) is 0.138. The average molecular weight is 278 g/mol. The third-order valence-electron chi connectivity index (χ3n) is 2.49. The minimum atomic E-state index is -0.396. The van der Waals surface area contributed by atoms with Crippen LogP contribution >= 0.6 is 0 Å². The molecule has 106 valence electrons. The molecule has 2 aromatic rings. The predicted octanol–water partition coefficient (Wildman–Crippen LogP) is -1.06. The molecule has 0 bridgehead atoms. The van der Waals surface area contributed by atoms with Gasteiger partial charge in [-0.05, 0) is 6.07 Å². The van der Waals surface area contributed by atoms with E-state index < -0.39 is 5.91 Å². The summed E-state index contributed by atoms with van der Waals surface area (Å²) >= 11 is 0. The third kappa shape index (κ3) is 3.48. The monoisotopic (exact) mass is 278 g/mol. The van der Waals surface area contributed by atoms with Crippen LogP contribution in [0.5, 0.6) is 0 Å². The summed E-state index contributed by atoms with van der Waals surface area (Å²) in [5, 5.41) is 12.9. The number of carbonyl (C=O) groups is 1. The van der Waals surface area contributed by atoms with Gasteiger partial charge < -0.3 is 10.1 Å². The lowest BCUT2D eigenvalue weighted by Gasteiger charge is -2.06. The molecule has 0 atom stereocenters. The van der Waals surface area contributed by atoms with Gasteiger partial charge in [0.2, 0.25) is 0 Å². The van der Waals surface area contributed by atoms with Crippen molar-refractivity contribution < 1.29 is 9.53 Å². The fourth-order valence-electron chi connectivity index (χ4n) is 1.48. The van der Waals surface area contributed by atoms with E-state index in [4.69, 9.17) is 4.74 Å². The van der Waals surface area contributed by atoms with Gasteiger partial charge in [-0.3, -0.25) is 14.7 Å². The molecular formula is C11H14N6O3. The molecule has 0 spiro atoms. The summed E-state index contributed by atoms with van der Waals surface area (Å²) in [6.45, 7) is 0.840. The number of hydrogen-bond donors (Lipinski definition) is 2. The van der Waals surface area contributed by atoms with E-state index in [0.717, 1.165) is 0 Å². The van der Waals surface area contributed by atoms with Gasteiger partial charge in [0.05, 0.1) is 19.7 Å². The number of rotatable bonds is 6. The zero-order chi connectivity index (χ0) is 14.4. The molecule has 2 heterocycles. The lowest BCUT2D eigenvalue weighted by atomic mass is 10.3. The average Bonchev–Trinajstić information content (AvgIpc) is 2.97. The van der Waals surface area contributed by atoms with E-state index in [-0.39, 0.29) is 17.8 Å². The number of nitrogens with one attached hydrogen (secondary N) is 2. The zero-order valence-electron chi connectivity index (χ0n) is 10.9. The fraction of sp³-hybridized carbons (Fsp3) is 0.364. The van der Waals surface area contributed by atoms with Crippen molar-refractivity contribution in [3.05, 3.63) is 40.3 Å². The first-order valence-corrected chi connectivity index (χ1v) is 5.90. The van der Waals surface area contributed by atoms with Crippen LogP contribution in [0, 0.1) is 0 Å². The number of methoxy groups -OCH3 is 1. The van der Waals surface area contributed by atoms with Crippen LogP contribution in [0.25, 0.3) is 0 Å². The molecule has 0 unspecified atom stereocenters. The van der Waals surface area contributed by atoms with Crippen LogP contribution in [-0.4, -0.2) is 44.6 Å². The second kappa shape index (κ2) is 6.57. The van der Waals surface area contributed by atoms with Crippen LogP contribution in [0.15, 0.2) is 23.3 Å². The SMILES string of the molecule is COCCn1nc(C(=O)NCc2ncn[nH]2)ccc1=O. The zero-order valence-corrected chi connectivity index (χ0v) is 10.9. The first-order valence-electron chi connectivity index (χ1n) is 5.90. The van der Waals surface area contributed by atoms with Crippen molar-refractivity contribution in [3.8, 4) is 0 Å². The maximum absolute atomic E-state index is 11.9. The molecule has 0 fully saturated rings. The normalized spacial score (nSPS) is 10.4. The van der Waals surface area contributed by atoms with Gasteiger partial charge in [-0.25, -0.2) is 9.67 Å². The third-order valence-corrected chi connectivity index (χ3v) is 2.49. The predicted molar refractivity (Wildman–Crippen MR) is 67.9 cm³/mol. The Morgan fingerprint density at radius 3 is 3.05 bits per heavy atom. The van der Waals surface area contributed by atoms with E-state index >= 15 is 0 Å². The Morgan fingerprint density at radius 1 is 1.50 bits per heavy atom. The number of hydrogen-bond acceptors (Lipinski definition) is 6. The molecule has 0 radical (unpaired) electrons. The molecule has 0 saturated heterocycles. The van der Waals surface area contributed by atoms with Crippen LogP contribution in [0.1, 0.15) is 16.3 Å². The molecule has 2 N–H and O–H groups in total. The standard InChI is InChI=1S/C11H14N6O3/c1-20-5-4-17-10(18)3-2-8(16-17)11(19)12-6-9-13-7-14-15-9/h2-3,7H,4-6H2,1H3,(H,12,19)(H,13,14,15). The smallest absolute Gasteiger partial charge is 0.272 e. The van der Waals surface area contributed by atoms with Gasteiger partial charge in [-0.1, -0.05) is 0 Å². The Balaban J connectivity index is 2.03. The summed E-state index contributed by atoms with van der Waals surface area (Å²) in [5.41, 5.74) is -0.131. The molecule has 0 aliphatic heterocycles. The quantitative estimate of drug-likeness (QED) is 0.696. The van der Waals surface area contributed by atoms with Crippen molar-refractivity contribution in [1.82, 2.24) is 30.3 Å². The summed E-state index contributed by atoms with van der Waals surface area (Å²) in [7, 11) is 1.53. The van der Waals surface area contributed by atoms with Crippen LogP contribution in [-0.2, 0) is 17.8 Å². The second-order valence-electron chi connectivity index (χ2n) is 3.89. The van der Waals surface area contributed by atoms with Gasteiger partial charge in [0, 0.05) is 13.2 Å². The molecule has 0 aliphatic carbocycles. The van der Waals surface area contributed by atoms with Crippen molar-refractivity contribution in [2.24, 2.45) is 0 Å². The number of aromatic nitrogens is 5. The summed E-state index contributed by atoms with van der Waals surface area (Å²) in [6.07, 6.45) is 1.35. The van der Waals surface area contributed by atoms with Gasteiger partial charge in [-0.15, -0.1) is 0 Å². The molecule has 0 aliphatic rings. The van der Waals surface area contributed by atoms with Gasteiger partial charge >= 0.3 is 0 Å². The topological polar surface area (TPSA) is 115 Å². The second-order valence-corrected chi connectivity index (χ2v) is 3.89. The molecule has 2 rings (SSSR count). The Labute approximate surface area is 114 Å². The number of aromatic amines is 1. The highest BCUT2D eigenvalue weighted by atomic mass is 16.5. The molecule has 1 amide bonds. The Hall–Kier alpha value is -2.55. The Bertz CT molecular complexity index is 621. The van der Waals surface area contributed by atoms with Crippen molar-refractivity contribution in [1.29, 1.82) is 0 Å². The lowest BCUT2D eigenvalue weighted by molar-refractivity contribution is 0.0941. The number of H-pyrrole nitrogens is 1. The number of ether oxygens (including phenoxy) is 1. The van der Waals surface area contributed by atoms with E-state index in [1.54, 1.807) is 0 Å². The fourth-order valence-corrected chi connectivity index (χ4v) is 1.48. The number of carbonyl (C=O) groups excluding carboxylic acids is 1. The first-order chi connectivity index (χ1) is 9.70. The van der Waals surface area contributed by atoms with E-state index in [1.807, 2.05) is 0 Å². The van der Waals surface area contributed by atoms with E-state index in [1.165, 1.54) is 30.3 Å². The molecule has 20 heavy (non-hydrogen) atoms. The van der Waals surface area contributed by atoms with Crippen LogP contribution in [0.4, 0.5) is 0 Å². The molecule has 0 saturated carbocycles. The summed E-state index contributed by atoms with van der Waals surface area (Å²) < 4.78 is 6.07. The lowest BCUT2D eigenvalue weighted by Crippen LogP contribution is -2.30. The Kier molecular flexibility index (Phi) is 4.56. The van der Waals surface area contributed by atoms with E-state index in [9.17, 15) is 9.59 Å². The van der Waals surface area contributed by atoms with Crippen molar-refractivity contribution in [2.75, 3.05) is 13.7 Å². The van der Waals surface area contributed by atoms with Crippen molar-refractivity contribution in [3.63, 3.8) is 0 Å². The number of nitrogens with zero attached hydrogens (tertiary/aromatic N) is 4. The molecule has 9 heteroatoms. The van der Waals surface area contributed by atoms with Gasteiger partial charge in [0.1, 0.15) is 17.8 Å². The van der Waals surface area contributed by atoms with Crippen LogP contribution in [0.2, 0.25) is 0 Å². The van der Waals surface area contributed by atoms with Crippen LogP contribution in [0.3, 0.4) is 0 Å². The van der Waals surface area contributed by atoms with Gasteiger partial charge in [0.25, 0.3) is 11.5 Å². The number of amides is 1. The van der Waals surface area contributed by atoms with Crippen molar-refractivity contribution in [2.45, 2.75) is 13.1 Å². The summed E-state index contributed by atoms with van der Waals surface area (Å²) in [4.78, 5) is 27.3. The highest BCUT2D eigenvalue weighted by Gasteiger charge is 2.10. The summed E-state index contributed by atoms with van der Waals surface area (Å²) in [6, 6.07) is 2.67. The minimum absolute atomic E-state index is 0.153. The maximum Gasteiger partial charge on any atom is 0.272 e. The molecule has 2 aromatic heterocycles. The molecule has 0 aromatic carbocycles. The highest BCUT2D eigenvalue weighted by molar-refractivity contribution is 5.91. The molecular weight excluding hydrogens is 264 g/mol. The van der Waals surface area contributed by atoms with Gasteiger partial charge in [-0.2, -0.15) is 10.2 Å². The van der Waals surface area contributed by atoms with Crippen molar-refractivity contribution >= 4 is 5.91 Å². The maximum atomic E-state index is 11.9. The van der Waals surface area contributed by atoms with Gasteiger partial charge in [0.15, 0.2) is 0 Å².